The van der Waals surface area contributed by atoms with Crippen LogP contribution in [-0.2, 0) is 9.59 Å². The Morgan fingerprint density at radius 1 is 1.14 bits per heavy atom. The Morgan fingerprint density at radius 3 is 2.33 bits per heavy atom. The molecule has 0 radical (unpaired) electrons. The maximum atomic E-state index is 12.3. The summed E-state index contributed by atoms with van der Waals surface area (Å²) in [6.07, 6.45) is 1.03. The number of carbonyl (C=O) groups excluding carboxylic acids is 1. The van der Waals surface area contributed by atoms with Gasteiger partial charge in [0.1, 0.15) is 0 Å². The van der Waals surface area contributed by atoms with Gasteiger partial charge in [-0.15, -0.1) is 0 Å². The molecule has 1 aromatic carbocycles. The van der Waals surface area contributed by atoms with E-state index in [1.807, 2.05) is 30.3 Å². The van der Waals surface area contributed by atoms with Crippen LogP contribution in [0.5, 0.6) is 0 Å². The number of carbonyl (C=O) groups is 2. The van der Waals surface area contributed by atoms with Crippen molar-refractivity contribution in [3.8, 4) is 0 Å². The van der Waals surface area contributed by atoms with E-state index in [1.54, 1.807) is 4.90 Å². The number of piperidine rings is 1. The van der Waals surface area contributed by atoms with Gasteiger partial charge in [0.05, 0.1) is 12.5 Å². The third kappa shape index (κ3) is 4.56. The fourth-order valence-electron chi connectivity index (χ4n) is 2.70. The SMILES string of the molecule is O=C(O)CC(CC(=O)N1CCC(O)CC1)c1ccccc1. The smallest absolute Gasteiger partial charge is 0.303 e. The van der Waals surface area contributed by atoms with E-state index in [1.165, 1.54) is 0 Å². The molecule has 5 heteroatoms. The van der Waals surface area contributed by atoms with Gasteiger partial charge in [0.25, 0.3) is 0 Å². The summed E-state index contributed by atoms with van der Waals surface area (Å²) in [6.45, 7) is 1.10. The number of carboxylic acids is 1. The van der Waals surface area contributed by atoms with Crippen molar-refractivity contribution in [2.45, 2.75) is 37.7 Å². The molecule has 0 bridgehead atoms. The van der Waals surface area contributed by atoms with Crippen molar-refractivity contribution in [2.24, 2.45) is 0 Å². The second kappa shape index (κ2) is 7.22. The zero-order valence-electron chi connectivity index (χ0n) is 11.9. The van der Waals surface area contributed by atoms with Crippen molar-refractivity contribution < 1.29 is 19.8 Å². The van der Waals surface area contributed by atoms with E-state index in [4.69, 9.17) is 5.11 Å². The molecule has 2 N–H and O–H groups in total. The Labute approximate surface area is 124 Å². The molecule has 2 rings (SSSR count). The van der Waals surface area contributed by atoms with Crippen molar-refractivity contribution in [1.82, 2.24) is 4.90 Å². The Morgan fingerprint density at radius 2 is 1.76 bits per heavy atom. The number of amides is 1. The first kappa shape index (κ1) is 15.5. The van der Waals surface area contributed by atoms with Gasteiger partial charge in [-0.25, -0.2) is 0 Å². The zero-order valence-corrected chi connectivity index (χ0v) is 11.9. The van der Waals surface area contributed by atoms with Crippen LogP contribution in [0.15, 0.2) is 30.3 Å². The summed E-state index contributed by atoms with van der Waals surface area (Å²) < 4.78 is 0. The number of hydrogen-bond acceptors (Lipinski definition) is 3. The highest BCUT2D eigenvalue weighted by Gasteiger charge is 2.25. The first-order valence-corrected chi connectivity index (χ1v) is 7.29. The lowest BCUT2D eigenvalue weighted by Crippen LogP contribution is -2.40. The Bertz CT molecular complexity index is 480. The van der Waals surface area contributed by atoms with E-state index in [0.29, 0.717) is 25.9 Å². The minimum Gasteiger partial charge on any atom is -0.481 e. The van der Waals surface area contributed by atoms with Crippen LogP contribution in [-0.4, -0.2) is 46.2 Å². The molecule has 1 aromatic rings. The molecule has 1 aliphatic heterocycles. The number of hydrogen-bond donors (Lipinski definition) is 2. The zero-order chi connectivity index (χ0) is 15.2. The average molecular weight is 291 g/mol. The number of aliphatic hydroxyl groups excluding tert-OH is 1. The molecule has 1 atom stereocenters. The van der Waals surface area contributed by atoms with Crippen LogP contribution in [0, 0.1) is 0 Å². The second-order valence-electron chi connectivity index (χ2n) is 5.52. The third-order valence-corrected chi connectivity index (χ3v) is 3.93. The minimum absolute atomic E-state index is 0.0306. The number of aliphatic hydroxyl groups is 1. The van der Waals surface area contributed by atoms with Crippen molar-refractivity contribution in [3.05, 3.63) is 35.9 Å². The van der Waals surface area contributed by atoms with Crippen LogP contribution in [0.1, 0.15) is 37.2 Å². The number of aliphatic carboxylic acids is 1. The first-order valence-electron chi connectivity index (χ1n) is 7.29. The molecule has 1 unspecified atom stereocenters. The van der Waals surface area contributed by atoms with Crippen molar-refractivity contribution in [2.75, 3.05) is 13.1 Å². The number of rotatable bonds is 5. The maximum Gasteiger partial charge on any atom is 0.303 e. The molecule has 1 amide bonds. The highest BCUT2D eigenvalue weighted by molar-refractivity contribution is 5.78. The Balaban J connectivity index is 2.01. The summed E-state index contributed by atoms with van der Waals surface area (Å²) in [6, 6.07) is 9.30. The van der Waals surface area contributed by atoms with Crippen LogP contribution in [0.25, 0.3) is 0 Å². The maximum absolute atomic E-state index is 12.3. The molecule has 1 fully saturated rings. The van der Waals surface area contributed by atoms with E-state index >= 15 is 0 Å². The second-order valence-corrected chi connectivity index (χ2v) is 5.52. The summed E-state index contributed by atoms with van der Waals surface area (Å²) in [5.41, 5.74) is 0.880. The fraction of sp³-hybridized carbons (Fsp3) is 0.500. The van der Waals surface area contributed by atoms with Crippen LogP contribution in [0.4, 0.5) is 0 Å². The van der Waals surface area contributed by atoms with E-state index in [-0.39, 0.29) is 30.8 Å². The van der Waals surface area contributed by atoms with Crippen molar-refractivity contribution in [3.63, 3.8) is 0 Å². The summed E-state index contributed by atoms with van der Waals surface area (Å²) in [4.78, 5) is 25.1. The van der Waals surface area contributed by atoms with Gasteiger partial charge in [0, 0.05) is 25.4 Å². The number of benzene rings is 1. The molecule has 21 heavy (non-hydrogen) atoms. The van der Waals surface area contributed by atoms with Crippen molar-refractivity contribution >= 4 is 11.9 Å². The monoisotopic (exact) mass is 291 g/mol. The van der Waals surface area contributed by atoms with Crippen LogP contribution in [0.2, 0.25) is 0 Å². The average Bonchev–Trinajstić information content (AvgIpc) is 2.47. The van der Waals surface area contributed by atoms with Gasteiger partial charge >= 0.3 is 5.97 Å². The Hall–Kier alpha value is -1.88. The standard InChI is InChI=1S/C16H21NO4/c18-14-6-8-17(9-7-14)15(19)10-13(11-16(20)21)12-4-2-1-3-5-12/h1-5,13-14,18H,6-11H2,(H,20,21). The van der Waals surface area contributed by atoms with E-state index in [9.17, 15) is 14.7 Å². The van der Waals surface area contributed by atoms with Gasteiger partial charge in [-0.05, 0) is 18.4 Å². The van der Waals surface area contributed by atoms with Crippen LogP contribution >= 0.6 is 0 Å². The summed E-state index contributed by atoms with van der Waals surface area (Å²) in [5.74, 6) is -1.23. The van der Waals surface area contributed by atoms with E-state index in [2.05, 4.69) is 0 Å². The third-order valence-electron chi connectivity index (χ3n) is 3.93. The molecule has 1 saturated heterocycles. The molecule has 1 aliphatic rings. The normalized spacial score (nSPS) is 17.5. The molecule has 0 aromatic heterocycles. The van der Waals surface area contributed by atoms with Crippen molar-refractivity contribution in [1.29, 1.82) is 0 Å². The molecule has 0 spiro atoms. The largest absolute Gasteiger partial charge is 0.481 e. The minimum atomic E-state index is -0.897. The lowest BCUT2D eigenvalue weighted by atomic mass is 9.91. The van der Waals surface area contributed by atoms with Gasteiger partial charge in [0.15, 0.2) is 0 Å². The fourth-order valence-corrected chi connectivity index (χ4v) is 2.70. The number of likely N-dealkylation sites (tertiary alicyclic amines) is 1. The predicted molar refractivity (Wildman–Crippen MR) is 77.9 cm³/mol. The van der Waals surface area contributed by atoms with E-state index in [0.717, 1.165) is 5.56 Å². The number of carboxylic acid groups (broad SMARTS) is 1. The topological polar surface area (TPSA) is 77.8 Å². The molecular weight excluding hydrogens is 270 g/mol. The predicted octanol–water partition coefficient (Wildman–Crippen LogP) is 1.62. The molecule has 1 heterocycles. The molecule has 0 saturated carbocycles. The Kier molecular flexibility index (Phi) is 5.33. The highest BCUT2D eigenvalue weighted by atomic mass is 16.4. The van der Waals surface area contributed by atoms with Gasteiger partial charge in [-0.3, -0.25) is 9.59 Å². The molecule has 0 aliphatic carbocycles. The van der Waals surface area contributed by atoms with Gasteiger partial charge in [-0.2, -0.15) is 0 Å². The van der Waals surface area contributed by atoms with Gasteiger partial charge < -0.3 is 15.1 Å². The lowest BCUT2D eigenvalue weighted by Gasteiger charge is -2.30. The summed E-state index contributed by atoms with van der Waals surface area (Å²) in [7, 11) is 0. The first-order chi connectivity index (χ1) is 10.1. The number of nitrogens with zero attached hydrogens (tertiary/aromatic N) is 1. The van der Waals surface area contributed by atoms with Crippen LogP contribution < -0.4 is 0 Å². The van der Waals surface area contributed by atoms with Crippen LogP contribution in [0.3, 0.4) is 0 Å². The quantitative estimate of drug-likeness (QED) is 0.864. The molecule has 114 valence electrons. The molecular formula is C16H21NO4. The lowest BCUT2D eigenvalue weighted by molar-refractivity contribution is -0.138. The molecule has 5 nitrogen and oxygen atoms in total. The van der Waals surface area contributed by atoms with Gasteiger partial charge in [-0.1, -0.05) is 30.3 Å². The summed E-state index contributed by atoms with van der Waals surface area (Å²) in [5, 5.41) is 18.5. The van der Waals surface area contributed by atoms with Gasteiger partial charge in [0.2, 0.25) is 5.91 Å². The summed E-state index contributed by atoms with van der Waals surface area (Å²) >= 11 is 0. The van der Waals surface area contributed by atoms with E-state index < -0.39 is 5.97 Å². The highest BCUT2D eigenvalue weighted by Crippen LogP contribution is 2.25.